The zero-order valence-electron chi connectivity index (χ0n) is 10.3. The van der Waals surface area contributed by atoms with Crippen molar-refractivity contribution in [1.29, 1.82) is 0 Å². The molecule has 0 aliphatic heterocycles. The smallest absolute Gasteiger partial charge is 0.204 e. The van der Waals surface area contributed by atoms with Gasteiger partial charge in [-0.1, -0.05) is 11.6 Å². The first kappa shape index (κ1) is 12.5. The summed E-state index contributed by atoms with van der Waals surface area (Å²) >= 11 is 5.84. The van der Waals surface area contributed by atoms with Crippen molar-refractivity contribution in [3.63, 3.8) is 0 Å². The van der Waals surface area contributed by atoms with E-state index in [1.165, 1.54) is 4.80 Å². The molecule has 1 aromatic carbocycles. The molecular formula is C12H10ClN7. The van der Waals surface area contributed by atoms with E-state index < -0.39 is 0 Å². The van der Waals surface area contributed by atoms with E-state index in [1.54, 1.807) is 24.4 Å². The molecule has 0 atom stereocenters. The van der Waals surface area contributed by atoms with Gasteiger partial charge in [-0.2, -0.15) is 4.80 Å². The minimum atomic E-state index is 0.311. The van der Waals surface area contributed by atoms with Crippen molar-refractivity contribution in [2.24, 2.45) is 0 Å². The second-order valence-electron chi connectivity index (χ2n) is 4.05. The van der Waals surface area contributed by atoms with Crippen LogP contribution in [0, 0.1) is 0 Å². The first-order valence-corrected chi connectivity index (χ1v) is 6.20. The normalized spacial score (nSPS) is 10.7. The standard InChI is InChI=1S/C12H10ClN7/c13-9-3-1-8(2-4-9)12-17-19-20(18-12)7-11-15-6-5-10(14)16-11/h1-6H,7H2,(H2,14,15,16). The van der Waals surface area contributed by atoms with Crippen LogP contribution in [0.5, 0.6) is 0 Å². The number of tetrazole rings is 1. The number of hydrogen-bond donors (Lipinski definition) is 1. The summed E-state index contributed by atoms with van der Waals surface area (Å²) in [6.07, 6.45) is 1.59. The topological polar surface area (TPSA) is 95.4 Å². The van der Waals surface area contributed by atoms with Crippen molar-refractivity contribution in [1.82, 2.24) is 30.2 Å². The summed E-state index contributed by atoms with van der Waals surface area (Å²) in [6, 6.07) is 8.84. The number of benzene rings is 1. The Kier molecular flexibility index (Phi) is 3.26. The number of halogens is 1. The summed E-state index contributed by atoms with van der Waals surface area (Å²) < 4.78 is 0. The van der Waals surface area contributed by atoms with Gasteiger partial charge in [0.05, 0.1) is 0 Å². The van der Waals surface area contributed by atoms with Crippen LogP contribution in [-0.2, 0) is 6.54 Å². The van der Waals surface area contributed by atoms with Gasteiger partial charge in [0.15, 0.2) is 5.82 Å². The van der Waals surface area contributed by atoms with Gasteiger partial charge in [-0.05, 0) is 35.5 Å². The fourth-order valence-electron chi connectivity index (χ4n) is 1.64. The molecule has 0 amide bonds. The summed E-state index contributed by atoms with van der Waals surface area (Å²) in [5, 5.41) is 12.9. The van der Waals surface area contributed by atoms with E-state index in [0.717, 1.165) is 5.56 Å². The SMILES string of the molecule is Nc1ccnc(Cn2nnc(-c3ccc(Cl)cc3)n2)n1. The van der Waals surface area contributed by atoms with Crippen LogP contribution in [0.25, 0.3) is 11.4 Å². The van der Waals surface area contributed by atoms with Crippen LogP contribution in [0.4, 0.5) is 5.82 Å². The van der Waals surface area contributed by atoms with Gasteiger partial charge in [-0.15, -0.1) is 10.2 Å². The molecule has 0 radical (unpaired) electrons. The predicted molar refractivity (Wildman–Crippen MR) is 73.8 cm³/mol. The highest BCUT2D eigenvalue weighted by molar-refractivity contribution is 6.30. The monoisotopic (exact) mass is 287 g/mol. The van der Waals surface area contributed by atoms with Crippen molar-refractivity contribution in [3.8, 4) is 11.4 Å². The summed E-state index contributed by atoms with van der Waals surface area (Å²) in [5.41, 5.74) is 6.44. The first-order valence-electron chi connectivity index (χ1n) is 5.82. The third-order valence-corrected chi connectivity index (χ3v) is 2.82. The Balaban J connectivity index is 1.82. The number of hydrogen-bond acceptors (Lipinski definition) is 6. The predicted octanol–water partition coefficient (Wildman–Crippen LogP) is 1.41. The van der Waals surface area contributed by atoms with Crippen LogP contribution in [0.15, 0.2) is 36.5 Å². The molecule has 8 heteroatoms. The average molecular weight is 288 g/mol. The number of rotatable bonds is 3. The van der Waals surface area contributed by atoms with Crippen molar-refractivity contribution < 1.29 is 0 Å². The molecule has 100 valence electrons. The molecule has 0 aliphatic rings. The van der Waals surface area contributed by atoms with E-state index >= 15 is 0 Å². The minimum absolute atomic E-state index is 0.311. The zero-order valence-corrected chi connectivity index (χ0v) is 11.1. The van der Waals surface area contributed by atoms with Crippen LogP contribution in [-0.4, -0.2) is 30.2 Å². The third-order valence-electron chi connectivity index (χ3n) is 2.57. The number of aromatic nitrogens is 6. The highest BCUT2D eigenvalue weighted by atomic mass is 35.5. The molecule has 0 aliphatic carbocycles. The molecule has 0 saturated carbocycles. The van der Waals surface area contributed by atoms with E-state index in [4.69, 9.17) is 17.3 Å². The van der Waals surface area contributed by atoms with Gasteiger partial charge in [-0.25, -0.2) is 9.97 Å². The zero-order chi connectivity index (χ0) is 13.9. The molecule has 0 bridgehead atoms. The Morgan fingerprint density at radius 2 is 1.95 bits per heavy atom. The molecule has 0 saturated heterocycles. The Hall–Kier alpha value is -2.54. The fraction of sp³-hybridized carbons (Fsp3) is 0.0833. The molecule has 3 aromatic rings. The molecule has 0 spiro atoms. The van der Waals surface area contributed by atoms with Crippen molar-refractivity contribution >= 4 is 17.4 Å². The maximum absolute atomic E-state index is 5.84. The van der Waals surface area contributed by atoms with Crippen LogP contribution in [0.1, 0.15) is 5.82 Å². The Morgan fingerprint density at radius 3 is 2.70 bits per heavy atom. The molecule has 0 fully saturated rings. The van der Waals surface area contributed by atoms with Crippen LogP contribution in [0.2, 0.25) is 5.02 Å². The number of nitrogen functional groups attached to an aromatic ring is 1. The van der Waals surface area contributed by atoms with Gasteiger partial charge in [0.2, 0.25) is 5.82 Å². The lowest BCUT2D eigenvalue weighted by Crippen LogP contribution is -2.08. The number of anilines is 1. The maximum atomic E-state index is 5.84. The van der Waals surface area contributed by atoms with Gasteiger partial charge >= 0.3 is 0 Å². The Morgan fingerprint density at radius 1 is 1.15 bits per heavy atom. The second kappa shape index (κ2) is 5.22. The van der Waals surface area contributed by atoms with Crippen LogP contribution < -0.4 is 5.73 Å². The van der Waals surface area contributed by atoms with E-state index in [1.807, 2.05) is 12.1 Å². The van der Waals surface area contributed by atoms with E-state index in [9.17, 15) is 0 Å². The van der Waals surface area contributed by atoms with Gasteiger partial charge < -0.3 is 5.73 Å². The van der Waals surface area contributed by atoms with Gasteiger partial charge in [-0.3, -0.25) is 0 Å². The fourth-order valence-corrected chi connectivity index (χ4v) is 1.77. The highest BCUT2D eigenvalue weighted by Gasteiger charge is 2.07. The van der Waals surface area contributed by atoms with E-state index in [2.05, 4.69) is 25.4 Å². The van der Waals surface area contributed by atoms with Crippen LogP contribution >= 0.6 is 11.6 Å². The quantitative estimate of drug-likeness (QED) is 0.782. The third kappa shape index (κ3) is 2.72. The highest BCUT2D eigenvalue weighted by Crippen LogP contribution is 2.16. The number of nitrogens with zero attached hydrogens (tertiary/aromatic N) is 6. The van der Waals surface area contributed by atoms with Gasteiger partial charge in [0.1, 0.15) is 12.4 Å². The van der Waals surface area contributed by atoms with Gasteiger partial charge in [0.25, 0.3) is 0 Å². The lowest BCUT2D eigenvalue weighted by atomic mass is 10.2. The maximum Gasteiger partial charge on any atom is 0.204 e. The summed E-state index contributed by atoms with van der Waals surface area (Å²) in [5.74, 6) is 1.46. The molecule has 7 nitrogen and oxygen atoms in total. The first-order chi connectivity index (χ1) is 9.70. The molecular weight excluding hydrogens is 278 g/mol. The average Bonchev–Trinajstić information content (AvgIpc) is 2.88. The van der Waals surface area contributed by atoms with Crippen molar-refractivity contribution in [2.45, 2.75) is 6.54 Å². The van der Waals surface area contributed by atoms with Crippen molar-refractivity contribution in [2.75, 3.05) is 5.73 Å². The summed E-state index contributed by atoms with van der Waals surface area (Å²) in [6.45, 7) is 0.311. The molecule has 2 heterocycles. The molecule has 20 heavy (non-hydrogen) atoms. The van der Waals surface area contributed by atoms with E-state index in [-0.39, 0.29) is 0 Å². The second-order valence-corrected chi connectivity index (χ2v) is 4.48. The summed E-state index contributed by atoms with van der Waals surface area (Å²) in [7, 11) is 0. The Bertz CT molecular complexity index is 723. The Labute approximate surface area is 119 Å². The largest absolute Gasteiger partial charge is 0.384 e. The van der Waals surface area contributed by atoms with Crippen LogP contribution in [0.3, 0.4) is 0 Å². The molecule has 2 N–H and O–H groups in total. The number of nitrogens with two attached hydrogens (primary N) is 1. The van der Waals surface area contributed by atoms with E-state index in [0.29, 0.717) is 29.0 Å². The molecule has 2 aromatic heterocycles. The molecule has 3 rings (SSSR count). The summed E-state index contributed by atoms with van der Waals surface area (Å²) in [4.78, 5) is 9.59. The lowest BCUT2D eigenvalue weighted by Gasteiger charge is -1.98. The minimum Gasteiger partial charge on any atom is -0.384 e. The lowest BCUT2D eigenvalue weighted by molar-refractivity contribution is 0.555. The molecule has 0 unspecified atom stereocenters. The van der Waals surface area contributed by atoms with Crippen molar-refractivity contribution in [3.05, 3.63) is 47.4 Å². The van der Waals surface area contributed by atoms with Gasteiger partial charge in [0, 0.05) is 16.8 Å².